The molecule has 4 aliphatic carbocycles. The second-order valence-corrected chi connectivity index (χ2v) is 13.4. The smallest absolute Gasteiger partial charge is 0.399 e. The summed E-state index contributed by atoms with van der Waals surface area (Å²) >= 11 is 0. The summed E-state index contributed by atoms with van der Waals surface area (Å²) in [5.74, 6) is 3.46. The third kappa shape index (κ3) is 5.49. The third-order valence-electron chi connectivity index (χ3n) is 10.9. The molecule has 0 aliphatic heterocycles. The molecule has 3 saturated carbocycles. The number of allylic oxidation sites excluding steroid dienone is 1. The molecule has 2 nitrogen and oxygen atoms in total. The summed E-state index contributed by atoms with van der Waals surface area (Å²) in [6, 6.07) is 0. The van der Waals surface area contributed by atoms with Crippen LogP contribution < -0.4 is 0 Å². The number of esters is 1. The van der Waals surface area contributed by atoms with Crippen molar-refractivity contribution in [3.63, 3.8) is 0 Å². The summed E-state index contributed by atoms with van der Waals surface area (Å²) in [5, 5.41) is 0. The topological polar surface area (TPSA) is 26.3 Å². The first-order valence-corrected chi connectivity index (χ1v) is 14.3. The SMILES string of the molecule is CC(C)CCC[C@H](C)[C@@H]1CC[C@@H]2[C@H]3CC=C4C[C@@H](OC(=O)CC(F)(F)F)CC[C@]4(C)[C@@H]3CC[C@@]21C. The summed E-state index contributed by atoms with van der Waals surface area (Å²) in [6.45, 7) is 12.1. The highest BCUT2D eigenvalue weighted by Crippen LogP contribution is 2.67. The Balaban J connectivity index is 1.42. The van der Waals surface area contributed by atoms with Crippen LogP contribution in [-0.4, -0.2) is 18.2 Å². The van der Waals surface area contributed by atoms with E-state index in [1.807, 2.05) is 0 Å². The average Bonchev–Trinajstić information content (AvgIpc) is 3.09. The van der Waals surface area contributed by atoms with Crippen molar-refractivity contribution in [2.45, 2.75) is 124 Å². The molecule has 0 aromatic carbocycles. The quantitative estimate of drug-likeness (QED) is 0.260. The zero-order valence-electron chi connectivity index (χ0n) is 22.6. The highest BCUT2D eigenvalue weighted by atomic mass is 19.4. The summed E-state index contributed by atoms with van der Waals surface area (Å²) < 4.78 is 43.0. The van der Waals surface area contributed by atoms with Crippen LogP contribution in [-0.2, 0) is 9.53 Å². The largest absolute Gasteiger partial charge is 0.462 e. The van der Waals surface area contributed by atoms with E-state index in [0.717, 1.165) is 42.4 Å². The van der Waals surface area contributed by atoms with Crippen molar-refractivity contribution >= 4 is 5.97 Å². The Bertz CT molecular complexity index is 802. The van der Waals surface area contributed by atoms with E-state index >= 15 is 0 Å². The summed E-state index contributed by atoms with van der Waals surface area (Å²) in [6.07, 6.45) is 8.65. The fourth-order valence-corrected chi connectivity index (χ4v) is 9.14. The first-order valence-electron chi connectivity index (χ1n) is 14.3. The molecule has 0 spiro atoms. The summed E-state index contributed by atoms with van der Waals surface area (Å²) in [5.41, 5.74) is 1.90. The van der Waals surface area contributed by atoms with Gasteiger partial charge >= 0.3 is 12.1 Å². The molecular formula is C30H47F3O2. The van der Waals surface area contributed by atoms with Gasteiger partial charge in [0.15, 0.2) is 0 Å². The lowest BCUT2D eigenvalue weighted by Gasteiger charge is -2.58. The lowest BCUT2D eigenvalue weighted by molar-refractivity contribution is -0.177. The van der Waals surface area contributed by atoms with E-state index in [1.54, 1.807) is 0 Å². The van der Waals surface area contributed by atoms with Crippen LogP contribution in [0, 0.1) is 46.3 Å². The van der Waals surface area contributed by atoms with Crippen LogP contribution in [0.4, 0.5) is 13.2 Å². The summed E-state index contributed by atoms with van der Waals surface area (Å²) in [4.78, 5) is 11.8. The minimum atomic E-state index is -4.50. The van der Waals surface area contributed by atoms with Crippen LogP contribution in [0.15, 0.2) is 11.6 Å². The molecule has 4 aliphatic rings. The molecule has 0 aromatic heterocycles. The van der Waals surface area contributed by atoms with Gasteiger partial charge in [-0.15, -0.1) is 0 Å². The number of hydrogen-bond acceptors (Lipinski definition) is 2. The van der Waals surface area contributed by atoms with Crippen molar-refractivity contribution in [1.29, 1.82) is 0 Å². The van der Waals surface area contributed by atoms with E-state index in [0.29, 0.717) is 24.2 Å². The molecule has 0 N–H and O–H groups in total. The first kappa shape index (κ1) is 27.0. The minimum absolute atomic E-state index is 0.109. The maximum Gasteiger partial charge on any atom is 0.399 e. The van der Waals surface area contributed by atoms with Gasteiger partial charge in [0.25, 0.3) is 0 Å². The van der Waals surface area contributed by atoms with Crippen LogP contribution in [0.3, 0.4) is 0 Å². The Morgan fingerprint density at radius 2 is 1.80 bits per heavy atom. The molecule has 0 unspecified atom stereocenters. The molecule has 0 bridgehead atoms. The fraction of sp³-hybridized carbons (Fsp3) is 0.900. The van der Waals surface area contributed by atoms with E-state index in [2.05, 4.69) is 40.7 Å². The maximum atomic E-state index is 12.6. The lowest BCUT2D eigenvalue weighted by Crippen LogP contribution is -2.51. The van der Waals surface area contributed by atoms with Crippen LogP contribution >= 0.6 is 0 Å². The number of hydrogen-bond donors (Lipinski definition) is 0. The van der Waals surface area contributed by atoms with Gasteiger partial charge in [-0.2, -0.15) is 13.2 Å². The Morgan fingerprint density at radius 1 is 1.06 bits per heavy atom. The van der Waals surface area contributed by atoms with Gasteiger partial charge in [-0.05, 0) is 91.3 Å². The molecule has 200 valence electrons. The number of alkyl halides is 3. The number of halogens is 3. The lowest BCUT2D eigenvalue weighted by atomic mass is 9.47. The van der Waals surface area contributed by atoms with Crippen LogP contribution in [0.5, 0.6) is 0 Å². The molecule has 0 saturated heterocycles. The molecule has 4 rings (SSSR count). The van der Waals surface area contributed by atoms with E-state index < -0.39 is 24.7 Å². The van der Waals surface area contributed by atoms with Crippen molar-refractivity contribution in [2.75, 3.05) is 0 Å². The van der Waals surface area contributed by atoms with Gasteiger partial charge in [-0.1, -0.05) is 65.5 Å². The van der Waals surface area contributed by atoms with Gasteiger partial charge in [-0.3, -0.25) is 4.79 Å². The molecular weight excluding hydrogens is 449 g/mol. The van der Waals surface area contributed by atoms with Gasteiger partial charge in [0.1, 0.15) is 12.5 Å². The van der Waals surface area contributed by atoms with Gasteiger partial charge in [-0.25, -0.2) is 0 Å². The Morgan fingerprint density at radius 3 is 2.49 bits per heavy atom. The highest BCUT2D eigenvalue weighted by molar-refractivity contribution is 5.70. The number of rotatable bonds is 7. The van der Waals surface area contributed by atoms with Crippen LogP contribution in [0.2, 0.25) is 0 Å². The molecule has 0 heterocycles. The predicted octanol–water partition coefficient (Wildman–Crippen LogP) is 8.89. The van der Waals surface area contributed by atoms with Crippen LogP contribution in [0.25, 0.3) is 0 Å². The van der Waals surface area contributed by atoms with E-state index in [4.69, 9.17) is 4.74 Å². The third-order valence-corrected chi connectivity index (χ3v) is 10.9. The zero-order chi connectivity index (χ0) is 25.6. The van der Waals surface area contributed by atoms with Crippen molar-refractivity contribution in [3.05, 3.63) is 11.6 Å². The first-order chi connectivity index (χ1) is 16.3. The van der Waals surface area contributed by atoms with Crippen LogP contribution in [0.1, 0.15) is 112 Å². The summed E-state index contributed by atoms with van der Waals surface area (Å²) in [7, 11) is 0. The highest BCUT2D eigenvalue weighted by Gasteiger charge is 2.59. The monoisotopic (exact) mass is 496 g/mol. The second kappa shape index (κ2) is 10.0. The Kier molecular flexibility index (Phi) is 7.76. The number of ether oxygens (including phenoxy) is 1. The Labute approximate surface area is 210 Å². The van der Waals surface area contributed by atoms with E-state index in [9.17, 15) is 18.0 Å². The normalized spacial score (nSPS) is 39.9. The molecule has 0 aromatic rings. The molecule has 0 amide bonds. The molecule has 8 atom stereocenters. The maximum absolute atomic E-state index is 12.6. The van der Waals surface area contributed by atoms with Gasteiger partial charge in [0, 0.05) is 6.42 Å². The van der Waals surface area contributed by atoms with Crippen molar-refractivity contribution in [3.8, 4) is 0 Å². The molecule has 3 fully saturated rings. The standard InChI is InChI=1S/C30H47F3O2/c1-19(2)7-6-8-20(3)24-11-12-25-23-10-9-21-17-22(35-27(34)18-30(31,32)33)13-15-28(21,4)26(23)14-16-29(24,25)5/h9,19-20,22-26H,6-8,10-18H2,1-5H3/t20-,22-,23+,24-,25+,26+,28-,29+/m0/s1. The van der Waals surface area contributed by atoms with Gasteiger partial charge in [0.2, 0.25) is 0 Å². The molecule has 0 radical (unpaired) electrons. The van der Waals surface area contributed by atoms with Crippen molar-refractivity contribution in [1.82, 2.24) is 0 Å². The second-order valence-electron chi connectivity index (χ2n) is 13.4. The number of fused-ring (bicyclic) bond motifs is 5. The molecule has 5 heteroatoms. The van der Waals surface area contributed by atoms with E-state index in [1.165, 1.54) is 50.5 Å². The van der Waals surface area contributed by atoms with Gasteiger partial charge < -0.3 is 4.74 Å². The van der Waals surface area contributed by atoms with Crippen molar-refractivity contribution in [2.24, 2.45) is 46.3 Å². The van der Waals surface area contributed by atoms with Crippen molar-refractivity contribution < 1.29 is 22.7 Å². The number of carbonyl (C=O) groups is 1. The zero-order valence-corrected chi connectivity index (χ0v) is 22.6. The predicted molar refractivity (Wildman–Crippen MR) is 134 cm³/mol. The number of carbonyl (C=O) groups excluding carboxylic acids is 1. The minimum Gasteiger partial charge on any atom is -0.462 e. The fourth-order valence-electron chi connectivity index (χ4n) is 9.14. The Hall–Kier alpha value is -1.00. The van der Waals surface area contributed by atoms with E-state index in [-0.39, 0.29) is 5.41 Å². The average molecular weight is 497 g/mol. The molecule has 35 heavy (non-hydrogen) atoms. The van der Waals surface area contributed by atoms with Gasteiger partial charge in [0.05, 0.1) is 0 Å².